The highest BCUT2D eigenvalue weighted by molar-refractivity contribution is 6.15. The first-order valence-corrected chi connectivity index (χ1v) is 28.5. The van der Waals surface area contributed by atoms with Crippen molar-refractivity contribution < 1.29 is 0 Å². The first-order chi connectivity index (χ1) is 38.6. The van der Waals surface area contributed by atoms with E-state index in [-0.39, 0.29) is 5.41 Å². The zero-order valence-corrected chi connectivity index (χ0v) is 43.3. The van der Waals surface area contributed by atoms with E-state index in [1.54, 1.807) is 11.1 Å². The lowest BCUT2D eigenvalue weighted by molar-refractivity contribution is -0.0399. The Bertz CT molecular complexity index is 4860. The van der Waals surface area contributed by atoms with E-state index in [2.05, 4.69) is 252 Å². The molecule has 0 saturated heterocycles. The molecule has 78 heavy (non-hydrogen) atoms. The van der Waals surface area contributed by atoms with Gasteiger partial charge in [-0.25, -0.2) is 0 Å². The van der Waals surface area contributed by atoms with Crippen LogP contribution in [0.5, 0.6) is 0 Å². The largest absolute Gasteiger partial charge is 0.309 e. The van der Waals surface area contributed by atoms with Gasteiger partial charge in [-0.1, -0.05) is 176 Å². The molecule has 12 aromatic carbocycles. The second kappa shape index (κ2) is 16.0. The Morgan fingerprint density at radius 1 is 0.282 bits per heavy atom. The van der Waals surface area contributed by atoms with Gasteiger partial charge in [0.2, 0.25) is 0 Å². The number of benzene rings is 12. The smallest absolute Gasteiger partial charge is 0.0547 e. The van der Waals surface area contributed by atoms with Crippen molar-refractivity contribution in [1.82, 2.24) is 9.13 Å². The molecule has 0 atom stereocenters. The second-order valence-corrected chi connectivity index (χ2v) is 23.6. The van der Waals surface area contributed by atoms with Gasteiger partial charge in [-0.2, -0.15) is 0 Å². The maximum atomic E-state index is 2.67. The third-order valence-corrected chi connectivity index (χ3v) is 19.8. The van der Waals surface area contributed by atoms with Gasteiger partial charge in [-0.3, -0.25) is 0 Å². The molecule has 0 N–H and O–H groups in total. The molecule has 0 unspecified atom stereocenters. The minimum Gasteiger partial charge on any atom is -0.309 e. The van der Waals surface area contributed by atoms with E-state index in [0.717, 1.165) is 29.4 Å². The van der Waals surface area contributed by atoms with Crippen molar-refractivity contribution in [3.05, 3.63) is 254 Å². The number of hydrogen-bond donors (Lipinski definition) is 0. The van der Waals surface area contributed by atoms with Gasteiger partial charge < -0.3 is 9.13 Å². The van der Waals surface area contributed by atoms with E-state index in [1.807, 2.05) is 0 Å². The van der Waals surface area contributed by atoms with Gasteiger partial charge in [0.25, 0.3) is 0 Å². The first-order valence-electron chi connectivity index (χ1n) is 28.5. The summed E-state index contributed by atoms with van der Waals surface area (Å²) in [6.07, 6.45) is 7.00. The lowest BCUT2D eigenvalue weighted by atomic mass is 9.43. The quantitative estimate of drug-likeness (QED) is 0.152. The molecule has 4 saturated carbocycles. The molecule has 0 amide bonds. The normalized spacial score (nSPS) is 20.1. The topological polar surface area (TPSA) is 9.86 Å². The van der Waals surface area contributed by atoms with Crippen molar-refractivity contribution >= 4 is 75.9 Å². The highest BCUT2D eigenvalue weighted by atomic mass is 15.0. The lowest BCUT2D eigenvalue weighted by Crippen LogP contribution is -2.55. The van der Waals surface area contributed by atoms with Crippen molar-refractivity contribution in [3.8, 4) is 55.9 Å². The lowest BCUT2D eigenvalue weighted by Gasteiger charge is -2.61. The van der Waals surface area contributed by atoms with Crippen LogP contribution >= 0.6 is 0 Å². The van der Waals surface area contributed by atoms with Gasteiger partial charge >= 0.3 is 0 Å². The molecule has 2 heteroatoms. The summed E-state index contributed by atoms with van der Waals surface area (Å²) in [7, 11) is 0. The van der Waals surface area contributed by atoms with E-state index >= 15 is 0 Å². The fourth-order valence-corrected chi connectivity index (χ4v) is 16.8. The summed E-state index contributed by atoms with van der Waals surface area (Å²) in [6, 6.07) is 92.6. The van der Waals surface area contributed by atoms with Gasteiger partial charge in [0.1, 0.15) is 0 Å². The molecule has 5 aliphatic carbocycles. The Kier molecular flexibility index (Phi) is 8.87. The third-order valence-electron chi connectivity index (χ3n) is 19.8. The Morgan fingerprint density at radius 3 is 1.54 bits per heavy atom. The first kappa shape index (κ1) is 43.2. The van der Waals surface area contributed by atoms with Crippen LogP contribution in [0.3, 0.4) is 0 Å². The maximum absolute atomic E-state index is 2.67. The van der Waals surface area contributed by atoms with E-state index < -0.39 is 0 Å². The zero-order chi connectivity index (χ0) is 50.8. The summed E-state index contributed by atoms with van der Waals surface area (Å²) in [4.78, 5) is 0. The molecule has 19 rings (SSSR count). The summed E-state index contributed by atoms with van der Waals surface area (Å²) < 4.78 is 5.03. The van der Waals surface area contributed by atoms with Crippen LogP contribution in [0.1, 0.15) is 43.2 Å². The highest BCUT2D eigenvalue weighted by Gasteiger charge is 2.61. The molecule has 2 nitrogen and oxygen atoms in total. The Morgan fingerprint density at radius 2 is 0.808 bits per heavy atom. The second-order valence-electron chi connectivity index (χ2n) is 23.6. The number of nitrogens with zero attached hydrogens (tertiary/aromatic N) is 2. The predicted molar refractivity (Wildman–Crippen MR) is 327 cm³/mol. The molecular weight excluding hydrogens is 941 g/mol. The van der Waals surface area contributed by atoms with Crippen LogP contribution in [0.2, 0.25) is 0 Å². The van der Waals surface area contributed by atoms with Crippen LogP contribution in [0, 0.1) is 23.7 Å². The average molecular weight is 995 g/mol. The van der Waals surface area contributed by atoms with Gasteiger partial charge in [0, 0.05) is 38.0 Å². The summed E-state index contributed by atoms with van der Waals surface area (Å²) in [5.41, 5.74) is 20.9. The minimum atomic E-state index is 0.114. The van der Waals surface area contributed by atoms with Crippen LogP contribution in [0.4, 0.5) is 0 Å². The standard InChI is InChI=1S/C76H54N2/c1-2-13-49-39-53(25-24-48(49)12-1)50-16-11-17-59(40-50)77-71-22-9-6-19-63(71)65-30-26-54(44-74(65)77)55-27-31-66-64-20-7-10-23-72(64)78(75(66)45-55)73-33-32-60(67-41-51-14-3-4-15-52(51)42-68(67)73)56-28-29-62-61-18-5-8-21-69(61)76(70(62)43-56)57-35-46-34-47(37-57)38-58(76)36-46/h1-33,39-47,57-58H,34-38H2. The number of aromatic nitrogens is 2. The van der Waals surface area contributed by atoms with E-state index in [9.17, 15) is 0 Å². The highest BCUT2D eigenvalue weighted by Crippen LogP contribution is 2.69. The van der Waals surface area contributed by atoms with Gasteiger partial charge in [0.15, 0.2) is 0 Å². The predicted octanol–water partition coefficient (Wildman–Crippen LogP) is 20.1. The van der Waals surface area contributed by atoms with Crippen molar-refractivity contribution in [1.29, 1.82) is 0 Å². The summed E-state index contributed by atoms with van der Waals surface area (Å²) >= 11 is 0. The van der Waals surface area contributed by atoms with Crippen molar-refractivity contribution in [2.24, 2.45) is 23.7 Å². The molecule has 1 spiro atoms. The number of para-hydroxylation sites is 2. The van der Waals surface area contributed by atoms with Gasteiger partial charge in [0.05, 0.1) is 27.8 Å². The summed E-state index contributed by atoms with van der Waals surface area (Å²) in [5, 5.41) is 12.6. The summed E-state index contributed by atoms with van der Waals surface area (Å²) in [6.45, 7) is 0. The van der Waals surface area contributed by atoms with Crippen LogP contribution in [0.25, 0.3) is 132 Å². The van der Waals surface area contributed by atoms with Crippen molar-refractivity contribution in [2.45, 2.75) is 37.5 Å². The maximum Gasteiger partial charge on any atom is 0.0547 e. The molecule has 4 fully saturated rings. The van der Waals surface area contributed by atoms with Crippen LogP contribution in [0.15, 0.2) is 243 Å². The van der Waals surface area contributed by atoms with Crippen LogP contribution in [-0.2, 0) is 5.41 Å². The fourth-order valence-electron chi connectivity index (χ4n) is 16.8. The third kappa shape index (κ3) is 5.98. The number of hydrogen-bond acceptors (Lipinski definition) is 0. The molecule has 14 aromatic rings. The van der Waals surface area contributed by atoms with Crippen molar-refractivity contribution in [2.75, 3.05) is 0 Å². The molecule has 2 aromatic heterocycles. The summed E-state index contributed by atoms with van der Waals surface area (Å²) in [5.74, 6) is 3.26. The number of rotatable bonds is 5. The molecule has 0 aliphatic heterocycles. The SMILES string of the molecule is c1cc(-c2ccc3ccccc3c2)cc(-n2c3ccccc3c3ccc(-c4ccc5c6ccccc6n(-c6ccc(-c7ccc8c(c7)C7(c9ccccc9-8)C8CC9CC(C8)CC7C9)c7cc8ccccc8cc67)c5c4)cc32)c1. The van der Waals surface area contributed by atoms with Crippen molar-refractivity contribution in [3.63, 3.8) is 0 Å². The Labute approximate surface area is 453 Å². The van der Waals surface area contributed by atoms with Crippen LogP contribution < -0.4 is 0 Å². The van der Waals surface area contributed by atoms with Gasteiger partial charge in [-0.05, 0) is 205 Å². The Hall–Kier alpha value is -8.98. The van der Waals surface area contributed by atoms with E-state index in [0.29, 0.717) is 0 Å². The molecular formula is C76H54N2. The molecule has 5 aliphatic rings. The van der Waals surface area contributed by atoms with Gasteiger partial charge in [-0.15, -0.1) is 0 Å². The molecule has 2 heterocycles. The van der Waals surface area contributed by atoms with E-state index in [4.69, 9.17) is 0 Å². The Balaban J connectivity index is 0.812. The molecule has 4 bridgehead atoms. The minimum absolute atomic E-state index is 0.114. The molecule has 0 radical (unpaired) electrons. The fraction of sp³-hybridized carbons (Fsp3) is 0.132. The number of fused-ring (bicyclic) bond motifs is 12. The van der Waals surface area contributed by atoms with Crippen LogP contribution in [-0.4, -0.2) is 9.13 Å². The monoisotopic (exact) mass is 994 g/mol. The molecule has 368 valence electrons. The average Bonchev–Trinajstić information content (AvgIpc) is 4.31. The zero-order valence-electron chi connectivity index (χ0n) is 43.3. The van der Waals surface area contributed by atoms with E-state index in [1.165, 1.54) is 158 Å².